The summed E-state index contributed by atoms with van der Waals surface area (Å²) in [5, 5.41) is 2.60. The number of hydrogen-bond acceptors (Lipinski definition) is 3. The molecule has 0 atom stereocenters. The van der Waals surface area contributed by atoms with Gasteiger partial charge in [0.25, 0.3) is 0 Å². The van der Waals surface area contributed by atoms with Crippen molar-refractivity contribution >= 4 is 29.0 Å². The Morgan fingerprint density at radius 2 is 1.77 bits per heavy atom. The van der Waals surface area contributed by atoms with Gasteiger partial charge in [-0.15, -0.1) is 0 Å². The van der Waals surface area contributed by atoms with Crippen LogP contribution < -0.4 is 10.2 Å². The van der Waals surface area contributed by atoms with E-state index in [0.717, 1.165) is 31.6 Å². The number of para-hydroxylation sites is 2. The van der Waals surface area contributed by atoms with Crippen LogP contribution in [0.2, 0.25) is 0 Å². The van der Waals surface area contributed by atoms with E-state index in [4.69, 9.17) is 0 Å². The minimum atomic E-state index is -4.39. The summed E-state index contributed by atoms with van der Waals surface area (Å²) in [6, 6.07) is 7.28. The summed E-state index contributed by atoms with van der Waals surface area (Å²) in [7, 11) is 0. The van der Waals surface area contributed by atoms with Crippen molar-refractivity contribution in [2.24, 2.45) is 0 Å². The molecule has 0 radical (unpaired) electrons. The first kappa shape index (κ1) is 17.0. The van der Waals surface area contributed by atoms with Crippen LogP contribution in [0.1, 0.15) is 25.7 Å². The SMILES string of the molecule is O=C(CSC(F)(F)F)Nc1ccccc1N1CCCCCC1. The van der Waals surface area contributed by atoms with Gasteiger partial charge >= 0.3 is 5.51 Å². The fraction of sp³-hybridized carbons (Fsp3) is 0.533. The lowest BCUT2D eigenvalue weighted by Crippen LogP contribution is -2.26. The molecule has 0 unspecified atom stereocenters. The maximum Gasteiger partial charge on any atom is 0.442 e. The molecule has 1 fully saturated rings. The average molecular weight is 332 g/mol. The molecule has 0 aromatic heterocycles. The maximum atomic E-state index is 12.1. The van der Waals surface area contributed by atoms with E-state index in [2.05, 4.69) is 10.2 Å². The molecule has 1 N–H and O–H groups in total. The number of amides is 1. The molecule has 122 valence electrons. The summed E-state index contributed by atoms with van der Waals surface area (Å²) < 4.78 is 36.4. The molecule has 1 amide bonds. The first-order valence-corrected chi connectivity index (χ1v) is 8.29. The highest BCUT2D eigenvalue weighted by molar-refractivity contribution is 8.00. The van der Waals surface area contributed by atoms with Crippen molar-refractivity contribution in [1.82, 2.24) is 0 Å². The molecule has 3 nitrogen and oxygen atoms in total. The van der Waals surface area contributed by atoms with Crippen LogP contribution in [0.3, 0.4) is 0 Å². The second-order valence-corrected chi connectivity index (χ2v) is 6.24. The number of benzene rings is 1. The predicted octanol–water partition coefficient (Wildman–Crippen LogP) is 4.26. The van der Waals surface area contributed by atoms with Crippen molar-refractivity contribution < 1.29 is 18.0 Å². The quantitative estimate of drug-likeness (QED) is 0.894. The third-order valence-electron chi connectivity index (χ3n) is 3.49. The van der Waals surface area contributed by atoms with E-state index in [1.54, 1.807) is 12.1 Å². The molecule has 0 saturated carbocycles. The van der Waals surface area contributed by atoms with Crippen molar-refractivity contribution in [3.05, 3.63) is 24.3 Å². The Bertz CT molecular complexity index is 500. The summed E-state index contributed by atoms with van der Waals surface area (Å²) in [5.74, 6) is -1.26. The number of thioether (sulfide) groups is 1. The van der Waals surface area contributed by atoms with Gasteiger partial charge in [-0.2, -0.15) is 13.2 Å². The monoisotopic (exact) mass is 332 g/mol. The number of anilines is 2. The number of rotatable bonds is 4. The molecule has 2 rings (SSSR count). The molecule has 1 aromatic rings. The lowest BCUT2D eigenvalue weighted by atomic mass is 10.2. The molecule has 0 spiro atoms. The number of alkyl halides is 3. The van der Waals surface area contributed by atoms with Gasteiger partial charge in [-0.3, -0.25) is 4.79 Å². The summed E-state index contributed by atoms with van der Waals surface area (Å²) in [4.78, 5) is 13.9. The zero-order chi connectivity index (χ0) is 16.0. The first-order valence-electron chi connectivity index (χ1n) is 7.30. The molecule has 1 aliphatic heterocycles. The van der Waals surface area contributed by atoms with Gasteiger partial charge in [0.2, 0.25) is 5.91 Å². The van der Waals surface area contributed by atoms with Gasteiger partial charge in [-0.05, 0) is 36.7 Å². The molecule has 1 heterocycles. The fourth-order valence-electron chi connectivity index (χ4n) is 2.50. The zero-order valence-electron chi connectivity index (χ0n) is 12.2. The predicted molar refractivity (Wildman–Crippen MR) is 84.3 cm³/mol. The van der Waals surface area contributed by atoms with Crippen LogP contribution in [0.25, 0.3) is 0 Å². The molecular weight excluding hydrogens is 313 g/mol. The molecular formula is C15H19F3N2OS. The van der Waals surface area contributed by atoms with Crippen molar-refractivity contribution in [3.63, 3.8) is 0 Å². The van der Waals surface area contributed by atoms with Crippen LogP contribution in [-0.2, 0) is 4.79 Å². The molecule has 22 heavy (non-hydrogen) atoms. The highest BCUT2D eigenvalue weighted by atomic mass is 32.2. The van der Waals surface area contributed by atoms with Gasteiger partial charge in [0.05, 0.1) is 17.1 Å². The number of hydrogen-bond donors (Lipinski definition) is 1. The normalized spacial score (nSPS) is 16.2. The topological polar surface area (TPSA) is 32.3 Å². The van der Waals surface area contributed by atoms with Gasteiger partial charge in [0.1, 0.15) is 0 Å². The van der Waals surface area contributed by atoms with Crippen LogP contribution in [0.4, 0.5) is 24.5 Å². The fourth-order valence-corrected chi connectivity index (χ4v) is 2.87. The Kier molecular flexibility index (Phi) is 5.99. The number of carbonyl (C=O) groups is 1. The number of halogens is 3. The molecule has 1 saturated heterocycles. The van der Waals surface area contributed by atoms with E-state index >= 15 is 0 Å². The van der Waals surface area contributed by atoms with Gasteiger partial charge < -0.3 is 10.2 Å². The molecule has 7 heteroatoms. The number of nitrogens with zero attached hydrogens (tertiary/aromatic N) is 1. The smallest absolute Gasteiger partial charge is 0.370 e. The Morgan fingerprint density at radius 3 is 2.41 bits per heavy atom. The van der Waals surface area contributed by atoms with Gasteiger partial charge in [-0.1, -0.05) is 25.0 Å². The maximum absolute atomic E-state index is 12.1. The minimum Gasteiger partial charge on any atom is -0.370 e. The number of nitrogens with one attached hydrogen (secondary N) is 1. The van der Waals surface area contributed by atoms with Gasteiger partial charge in [0.15, 0.2) is 0 Å². The van der Waals surface area contributed by atoms with E-state index in [1.807, 2.05) is 12.1 Å². The van der Waals surface area contributed by atoms with E-state index in [9.17, 15) is 18.0 Å². The summed E-state index contributed by atoms with van der Waals surface area (Å²) in [5.41, 5.74) is -2.92. The Hall–Kier alpha value is -1.37. The van der Waals surface area contributed by atoms with Crippen molar-refractivity contribution in [3.8, 4) is 0 Å². The molecule has 0 bridgehead atoms. The third kappa shape index (κ3) is 5.44. The van der Waals surface area contributed by atoms with Crippen molar-refractivity contribution in [2.45, 2.75) is 31.2 Å². The average Bonchev–Trinajstić information content (AvgIpc) is 2.74. The standard InChI is InChI=1S/C15H19F3N2OS/c16-15(17,18)22-11-14(21)19-12-7-3-4-8-13(12)20-9-5-1-2-6-10-20/h3-4,7-8H,1-2,5-6,9-11H2,(H,19,21). The van der Waals surface area contributed by atoms with Crippen LogP contribution in [-0.4, -0.2) is 30.3 Å². The van der Waals surface area contributed by atoms with Crippen LogP contribution >= 0.6 is 11.8 Å². The van der Waals surface area contributed by atoms with Gasteiger partial charge in [-0.25, -0.2) is 0 Å². The van der Waals surface area contributed by atoms with Crippen LogP contribution in [0, 0.1) is 0 Å². The second kappa shape index (κ2) is 7.76. The van der Waals surface area contributed by atoms with E-state index in [1.165, 1.54) is 12.8 Å². The largest absolute Gasteiger partial charge is 0.442 e. The summed E-state index contributed by atoms with van der Waals surface area (Å²) in [6.07, 6.45) is 4.55. The van der Waals surface area contributed by atoms with E-state index in [-0.39, 0.29) is 11.8 Å². The number of carbonyl (C=O) groups excluding carboxylic acids is 1. The van der Waals surface area contributed by atoms with Crippen LogP contribution in [0.5, 0.6) is 0 Å². The third-order valence-corrected chi connectivity index (χ3v) is 4.23. The highest BCUT2D eigenvalue weighted by Gasteiger charge is 2.29. The summed E-state index contributed by atoms with van der Waals surface area (Å²) >= 11 is -0.320. The second-order valence-electron chi connectivity index (χ2n) is 5.20. The highest BCUT2D eigenvalue weighted by Crippen LogP contribution is 2.31. The Labute approximate surface area is 132 Å². The lowest BCUT2D eigenvalue weighted by molar-refractivity contribution is -0.114. The van der Waals surface area contributed by atoms with Crippen molar-refractivity contribution in [2.75, 3.05) is 29.1 Å². The molecule has 1 aromatic carbocycles. The Morgan fingerprint density at radius 1 is 1.14 bits per heavy atom. The minimum absolute atomic E-state index is 0.320. The molecule has 1 aliphatic rings. The lowest BCUT2D eigenvalue weighted by Gasteiger charge is -2.25. The van der Waals surface area contributed by atoms with E-state index in [0.29, 0.717) is 5.69 Å². The summed E-state index contributed by atoms with van der Waals surface area (Å²) in [6.45, 7) is 1.81. The molecule has 0 aliphatic carbocycles. The van der Waals surface area contributed by atoms with Crippen LogP contribution in [0.15, 0.2) is 24.3 Å². The van der Waals surface area contributed by atoms with Gasteiger partial charge in [0, 0.05) is 13.1 Å². The zero-order valence-corrected chi connectivity index (χ0v) is 13.0. The van der Waals surface area contributed by atoms with E-state index < -0.39 is 17.2 Å². The van der Waals surface area contributed by atoms with Crippen molar-refractivity contribution in [1.29, 1.82) is 0 Å². The Balaban J connectivity index is 2.03. The first-order chi connectivity index (χ1) is 10.5.